The number of fused-ring (bicyclic) bond motifs is 1. The molecule has 2 aromatic carbocycles. The SMILES string of the molecule is COC(=O)C1=C(C)N(Cc2ccccc2)[C@]23O[C@](C(=O)OC)(C[C@@H]2C#N)C(=O)N3[C@H]1c1ccccc1. The topological polar surface area (TPSA) is 109 Å². The smallest absolute Gasteiger partial charge is 0.348 e. The average molecular weight is 488 g/mol. The third kappa shape index (κ3) is 3.01. The minimum absolute atomic E-state index is 0.154. The number of nitriles is 1. The summed E-state index contributed by atoms with van der Waals surface area (Å²) >= 11 is 0. The summed E-state index contributed by atoms with van der Waals surface area (Å²) in [7, 11) is 2.45. The molecule has 9 nitrogen and oxygen atoms in total. The molecule has 1 spiro atoms. The van der Waals surface area contributed by atoms with Crippen LogP contribution in [0.3, 0.4) is 0 Å². The lowest BCUT2D eigenvalue weighted by Crippen LogP contribution is -2.67. The van der Waals surface area contributed by atoms with Crippen LogP contribution in [0.1, 0.15) is 30.5 Å². The molecule has 0 saturated carbocycles. The molecule has 3 aliphatic rings. The van der Waals surface area contributed by atoms with E-state index in [1.54, 1.807) is 36.1 Å². The predicted molar refractivity (Wildman–Crippen MR) is 125 cm³/mol. The number of rotatable bonds is 5. The molecule has 2 saturated heterocycles. The molecular formula is C27H25N3O6. The van der Waals surface area contributed by atoms with Crippen LogP contribution in [0.4, 0.5) is 0 Å². The summed E-state index contributed by atoms with van der Waals surface area (Å²) in [6, 6.07) is 19.7. The second-order valence-electron chi connectivity index (χ2n) is 9.02. The molecule has 0 unspecified atom stereocenters. The largest absolute Gasteiger partial charge is 0.466 e. The van der Waals surface area contributed by atoms with Crippen molar-refractivity contribution in [2.24, 2.45) is 5.92 Å². The Hall–Kier alpha value is -4.16. The number of allylic oxidation sites excluding steroid dienone is 1. The number of methoxy groups -OCH3 is 2. The first-order valence-electron chi connectivity index (χ1n) is 11.5. The standard InChI is InChI=1S/C27H25N3O6/c1-17-21(23(31)34-2)22(19-12-8-5-9-13-19)30-24(32)26(25(33)35-3)14-20(15-28)27(30,36-26)29(17)16-18-10-6-4-7-11-18/h4-13,20,22H,14,16H2,1-3H3/t20-,22+,26-,27-/m1/s1. The van der Waals surface area contributed by atoms with E-state index in [0.29, 0.717) is 11.3 Å². The zero-order valence-corrected chi connectivity index (χ0v) is 20.1. The molecule has 9 heteroatoms. The number of nitrogens with zero attached hydrogens (tertiary/aromatic N) is 3. The van der Waals surface area contributed by atoms with Gasteiger partial charge in [-0.25, -0.2) is 9.59 Å². The summed E-state index contributed by atoms with van der Waals surface area (Å²) in [6.07, 6.45) is -0.154. The van der Waals surface area contributed by atoms with Crippen LogP contribution in [0.5, 0.6) is 0 Å². The number of benzene rings is 2. The van der Waals surface area contributed by atoms with E-state index in [1.807, 2.05) is 36.4 Å². The van der Waals surface area contributed by atoms with E-state index in [0.717, 1.165) is 5.56 Å². The van der Waals surface area contributed by atoms with Crippen molar-refractivity contribution in [2.75, 3.05) is 14.2 Å². The van der Waals surface area contributed by atoms with Gasteiger partial charge in [-0.3, -0.25) is 9.69 Å². The van der Waals surface area contributed by atoms with Crippen LogP contribution in [-0.2, 0) is 35.1 Å². The van der Waals surface area contributed by atoms with Gasteiger partial charge in [0.15, 0.2) is 0 Å². The van der Waals surface area contributed by atoms with Gasteiger partial charge in [-0.2, -0.15) is 5.26 Å². The maximum absolute atomic E-state index is 14.1. The van der Waals surface area contributed by atoms with Gasteiger partial charge in [-0.1, -0.05) is 60.7 Å². The molecule has 2 fully saturated rings. The van der Waals surface area contributed by atoms with Gasteiger partial charge in [0.1, 0.15) is 5.92 Å². The van der Waals surface area contributed by atoms with Crippen LogP contribution in [0, 0.1) is 17.2 Å². The first-order chi connectivity index (χ1) is 17.4. The van der Waals surface area contributed by atoms with Crippen LogP contribution >= 0.6 is 0 Å². The van der Waals surface area contributed by atoms with Gasteiger partial charge in [0.05, 0.1) is 31.9 Å². The molecule has 2 aromatic rings. The summed E-state index contributed by atoms with van der Waals surface area (Å²) in [5, 5.41) is 10.3. The van der Waals surface area contributed by atoms with E-state index >= 15 is 0 Å². The molecule has 5 rings (SSSR count). The molecule has 0 aromatic heterocycles. The Bertz CT molecular complexity index is 1300. The number of ether oxygens (including phenoxy) is 3. The first-order valence-corrected chi connectivity index (χ1v) is 11.5. The molecule has 3 aliphatic heterocycles. The van der Waals surface area contributed by atoms with Gasteiger partial charge < -0.3 is 19.1 Å². The number of carbonyl (C=O) groups is 3. The third-order valence-electron chi connectivity index (χ3n) is 7.27. The summed E-state index contributed by atoms with van der Waals surface area (Å²) in [5.41, 5.74) is 0.210. The Morgan fingerprint density at radius 2 is 1.72 bits per heavy atom. The Morgan fingerprint density at radius 1 is 1.08 bits per heavy atom. The number of carbonyl (C=O) groups excluding carboxylic acids is 3. The zero-order chi connectivity index (χ0) is 25.7. The summed E-state index contributed by atoms with van der Waals surface area (Å²) < 4.78 is 16.6. The fraction of sp³-hybridized carbons (Fsp3) is 0.333. The molecule has 2 bridgehead atoms. The molecule has 0 N–H and O–H groups in total. The first kappa shape index (κ1) is 23.6. The monoisotopic (exact) mass is 487 g/mol. The molecule has 3 heterocycles. The van der Waals surface area contributed by atoms with Gasteiger partial charge in [0.2, 0.25) is 11.4 Å². The second-order valence-corrected chi connectivity index (χ2v) is 9.02. The molecule has 36 heavy (non-hydrogen) atoms. The highest BCUT2D eigenvalue weighted by Crippen LogP contribution is 2.61. The quantitative estimate of drug-likeness (QED) is 0.468. The Labute approximate surface area is 208 Å². The number of hydrogen-bond donors (Lipinski definition) is 0. The average Bonchev–Trinajstić information content (AvgIpc) is 3.39. The Balaban J connectivity index is 1.82. The van der Waals surface area contributed by atoms with Crippen LogP contribution in [-0.4, -0.2) is 53.3 Å². The Morgan fingerprint density at radius 3 is 2.31 bits per heavy atom. The fourth-order valence-electron chi connectivity index (χ4n) is 5.69. The molecular weight excluding hydrogens is 462 g/mol. The van der Waals surface area contributed by atoms with Crippen LogP contribution in [0.2, 0.25) is 0 Å². The van der Waals surface area contributed by atoms with E-state index in [-0.39, 0.29) is 18.5 Å². The van der Waals surface area contributed by atoms with Crippen molar-refractivity contribution >= 4 is 17.8 Å². The zero-order valence-electron chi connectivity index (χ0n) is 20.1. The summed E-state index contributed by atoms with van der Waals surface area (Å²) in [6.45, 7) is 1.96. The molecule has 4 atom stereocenters. The van der Waals surface area contributed by atoms with E-state index < -0.39 is 41.3 Å². The lowest BCUT2D eigenvalue weighted by Gasteiger charge is -2.54. The van der Waals surface area contributed by atoms with Crippen molar-refractivity contribution in [3.05, 3.63) is 83.1 Å². The van der Waals surface area contributed by atoms with Gasteiger partial charge in [0, 0.05) is 18.7 Å². The Kier molecular flexibility index (Phi) is 5.57. The lowest BCUT2D eigenvalue weighted by molar-refractivity contribution is -0.221. The van der Waals surface area contributed by atoms with Crippen molar-refractivity contribution in [3.63, 3.8) is 0 Å². The predicted octanol–water partition coefficient (Wildman–Crippen LogP) is 2.66. The number of piperidine rings is 1. The highest BCUT2D eigenvalue weighted by molar-refractivity contribution is 6.10. The minimum Gasteiger partial charge on any atom is -0.466 e. The van der Waals surface area contributed by atoms with Crippen molar-refractivity contribution < 1.29 is 28.6 Å². The molecule has 1 amide bonds. The van der Waals surface area contributed by atoms with Crippen molar-refractivity contribution in [3.8, 4) is 6.07 Å². The lowest BCUT2D eigenvalue weighted by atomic mass is 9.80. The van der Waals surface area contributed by atoms with E-state index in [2.05, 4.69) is 6.07 Å². The van der Waals surface area contributed by atoms with E-state index in [4.69, 9.17) is 14.2 Å². The van der Waals surface area contributed by atoms with Crippen molar-refractivity contribution in [1.82, 2.24) is 9.80 Å². The number of hydrogen-bond acceptors (Lipinski definition) is 8. The second kappa shape index (κ2) is 8.50. The van der Waals surface area contributed by atoms with Gasteiger partial charge in [0.25, 0.3) is 5.91 Å². The maximum atomic E-state index is 14.1. The van der Waals surface area contributed by atoms with Crippen molar-refractivity contribution in [1.29, 1.82) is 5.26 Å². The van der Waals surface area contributed by atoms with Crippen LogP contribution < -0.4 is 0 Å². The summed E-state index contributed by atoms with van der Waals surface area (Å²) in [4.78, 5) is 43.5. The van der Waals surface area contributed by atoms with E-state index in [9.17, 15) is 19.6 Å². The number of esters is 2. The molecule has 0 aliphatic carbocycles. The fourth-order valence-corrected chi connectivity index (χ4v) is 5.69. The number of amides is 1. The van der Waals surface area contributed by atoms with Crippen LogP contribution in [0.15, 0.2) is 71.9 Å². The molecule has 0 radical (unpaired) electrons. The summed E-state index contributed by atoms with van der Waals surface area (Å²) in [5.74, 6) is -4.69. The normalized spacial score (nSPS) is 28.6. The van der Waals surface area contributed by atoms with Gasteiger partial charge in [-0.05, 0) is 18.1 Å². The van der Waals surface area contributed by atoms with Gasteiger partial charge >= 0.3 is 11.9 Å². The minimum atomic E-state index is -2.00. The highest BCUT2D eigenvalue weighted by Gasteiger charge is 2.79. The van der Waals surface area contributed by atoms with E-state index in [1.165, 1.54) is 19.1 Å². The third-order valence-corrected chi connectivity index (χ3v) is 7.27. The van der Waals surface area contributed by atoms with Crippen LogP contribution in [0.25, 0.3) is 0 Å². The van der Waals surface area contributed by atoms with Crippen molar-refractivity contribution in [2.45, 2.75) is 37.4 Å². The van der Waals surface area contributed by atoms with Gasteiger partial charge in [-0.15, -0.1) is 0 Å². The molecule has 184 valence electrons. The maximum Gasteiger partial charge on any atom is 0.348 e. The highest BCUT2D eigenvalue weighted by atomic mass is 16.6.